The van der Waals surface area contributed by atoms with Crippen LogP contribution >= 0.6 is 0 Å². The summed E-state index contributed by atoms with van der Waals surface area (Å²) in [7, 11) is 3.08. The number of anilines is 1. The molecule has 2 amide bonds. The van der Waals surface area contributed by atoms with Crippen molar-refractivity contribution >= 4 is 17.5 Å². The predicted octanol–water partition coefficient (Wildman–Crippen LogP) is 3.05. The van der Waals surface area contributed by atoms with Crippen molar-refractivity contribution in [3.05, 3.63) is 53.6 Å². The second-order valence-electron chi connectivity index (χ2n) is 7.60. The molecule has 1 fully saturated rings. The molecular formula is C23H26F3N3O4. The summed E-state index contributed by atoms with van der Waals surface area (Å²) in [6.45, 7) is 1.67. The van der Waals surface area contributed by atoms with E-state index in [1.807, 2.05) is 4.90 Å². The molecule has 0 radical (unpaired) electrons. The number of nitrogens with zero attached hydrogens (tertiary/aromatic N) is 2. The molecule has 1 saturated heterocycles. The van der Waals surface area contributed by atoms with E-state index in [0.29, 0.717) is 37.7 Å². The molecule has 0 aliphatic carbocycles. The second kappa shape index (κ2) is 10.6. The fourth-order valence-electron chi connectivity index (χ4n) is 3.66. The number of rotatable bonds is 7. The average Bonchev–Trinajstić information content (AvgIpc) is 2.79. The maximum atomic E-state index is 13.1. The highest BCUT2D eigenvalue weighted by Gasteiger charge is 2.33. The molecule has 7 nitrogen and oxygen atoms in total. The van der Waals surface area contributed by atoms with Gasteiger partial charge in [0.2, 0.25) is 11.8 Å². The number of benzene rings is 2. The Labute approximate surface area is 190 Å². The number of amides is 2. The topological polar surface area (TPSA) is 71.1 Å². The van der Waals surface area contributed by atoms with Gasteiger partial charge in [0.1, 0.15) is 11.5 Å². The van der Waals surface area contributed by atoms with Crippen molar-refractivity contribution in [3.63, 3.8) is 0 Å². The van der Waals surface area contributed by atoms with Gasteiger partial charge in [-0.15, -0.1) is 0 Å². The van der Waals surface area contributed by atoms with Crippen LogP contribution in [0.4, 0.5) is 18.9 Å². The minimum Gasteiger partial charge on any atom is -0.497 e. The molecule has 0 saturated carbocycles. The smallest absolute Gasteiger partial charge is 0.418 e. The van der Waals surface area contributed by atoms with Crippen molar-refractivity contribution in [2.75, 3.05) is 52.3 Å². The van der Waals surface area contributed by atoms with Gasteiger partial charge < -0.3 is 19.7 Å². The first-order chi connectivity index (χ1) is 15.7. The van der Waals surface area contributed by atoms with Gasteiger partial charge in [-0.05, 0) is 18.2 Å². The predicted molar refractivity (Wildman–Crippen MR) is 116 cm³/mol. The third-order valence-electron chi connectivity index (χ3n) is 5.43. The quantitative estimate of drug-likeness (QED) is 0.681. The number of nitrogens with one attached hydrogen (secondary N) is 1. The van der Waals surface area contributed by atoms with Crippen molar-refractivity contribution in [1.29, 1.82) is 0 Å². The van der Waals surface area contributed by atoms with E-state index in [2.05, 4.69) is 5.32 Å². The molecule has 1 aliphatic heterocycles. The summed E-state index contributed by atoms with van der Waals surface area (Å²) in [6, 6.07) is 10.1. The molecular weight excluding hydrogens is 439 g/mol. The molecule has 178 valence electrons. The molecule has 2 aromatic rings. The van der Waals surface area contributed by atoms with Crippen molar-refractivity contribution in [2.24, 2.45) is 0 Å². The van der Waals surface area contributed by atoms with Crippen LogP contribution in [0, 0.1) is 0 Å². The van der Waals surface area contributed by atoms with Crippen molar-refractivity contribution in [1.82, 2.24) is 9.80 Å². The molecule has 0 bridgehead atoms. The van der Waals surface area contributed by atoms with E-state index in [-0.39, 0.29) is 24.6 Å². The molecule has 2 aromatic carbocycles. The first kappa shape index (κ1) is 24.4. The number of ether oxygens (including phenoxy) is 2. The fraction of sp³-hybridized carbons (Fsp3) is 0.391. The molecule has 1 heterocycles. The van der Waals surface area contributed by atoms with Crippen LogP contribution in [0.2, 0.25) is 0 Å². The molecule has 0 spiro atoms. The Bertz CT molecular complexity index is 989. The first-order valence-corrected chi connectivity index (χ1v) is 10.4. The Morgan fingerprint density at radius 3 is 2.33 bits per heavy atom. The van der Waals surface area contributed by atoms with Gasteiger partial charge in [-0.1, -0.05) is 18.2 Å². The number of carbonyl (C=O) groups excluding carboxylic acids is 2. The molecule has 3 rings (SSSR count). The summed E-state index contributed by atoms with van der Waals surface area (Å²) in [5.41, 5.74) is -0.409. The van der Waals surface area contributed by atoms with E-state index in [0.717, 1.165) is 11.6 Å². The highest BCUT2D eigenvalue weighted by atomic mass is 19.4. The summed E-state index contributed by atoms with van der Waals surface area (Å²) < 4.78 is 49.8. The van der Waals surface area contributed by atoms with Gasteiger partial charge in [0, 0.05) is 37.8 Å². The maximum absolute atomic E-state index is 13.1. The molecule has 1 N–H and O–H groups in total. The summed E-state index contributed by atoms with van der Waals surface area (Å²) >= 11 is 0. The maximum Gasteiger partial charge on any atom is 0.418 e. The number of piperazine rings is 1. The van der Waals surface area contributed by atoms with Crippen LogP contribution in [0.15, 0.2) is 42.5 Å². The molecule has 0 atom stereocenters. The van der Waals surface area contributed by atoms with Crippen LogP contribution in [0.1, 0.15) is 11.1 Å². The normalized spacial score (nSPS) is 14.6. The number of hydrogen-bond donors (Lipinski definition) is 1. The Balaban J connectivity index is 1.51. The van der Waals surface area contributed by atoms with Crippen LogP contribution in [-0.2, 0) is 22.2 Å². The highest BCUT2D eigenvalue weighted by Crippen LogP contribution is 2.34. The molecule has 0 aromatic heterocycles. The molecule has 0 unspecified atom stereocenters. The molecule has 10 heteroatoms. The van der Waals surface area contributed by atoms with Crippen LogP contribution < -0.4 is 14.8 Å². The minimum atomic E-state index is -4.55. The summed E-state index contributed by atoms with van der Waals surface area (Å²) in [5, 5.41) is 2.35. The van der Waals surface area contributed by atoms with E-state index in [9.17, 15) is 22.8 Å². The van der Waals surface area contributed by atoms with E-state index in [4.69, 9.17) is 9.47 Å². The lowest BCUT2D eigenvalue weighted by molar-refractivity contribution is -0.137. The highest BCUT2D eigenvalue weighted by molar-refractivity contribution is 5.93. The van der Waals surface area contributed by atoms with Gasteiger partial charge in [-0.25, -0.2) is 0 Å². The zero-order chi connectivity index (χ0) is 24.0. The van der Waals surface area contributed by atoms with Crippen molar-refractivity contribution in [3.8, 4) is 11.5 Å². The minimum absolute atomic E-state index is 0.0550. The SMILES string of the molecule is COc1ccc(CC(=O)N2CCN(CC(=O)Nc3ccccc3C(F)(F)F)CC2)c(OC)c1. The lowest BCUT2D eigenvalue weighted by Gasteiger charge is -2.34. The zero-order valence-corrected chi connectivity index (χ0v) is 18.4. The Morgan fingerprint density at radius 2 is 1.70 bits per heavy atom. The van der Waals surface area contributed by atoms with Gasteiger partial charge in [-0.2, -0.15) is 13.2 Å². The number of halogens is 3. The standard InChI is InChI=1S/C23H26F3N3O4/c1-32-17-8-7-16(20(14-17)33-2)13-22(31)29-11-9-28(10-12-29)15-21(30)27-19-6-4-3-5-18(19)23(24,25)26/h3-8,14H,9-13,15H2,1-2H3,(H,27,30). The number of hydrogen-bond acceptors (Lipinski definition) is 5. The van der Waals surface area contributed by atoms with Gasteiger partial charge in [0.25, 0.3) is 0 Å². The van der Waals surface area contributed by atoms with Gasteiger partial charge in [0.15, 0.2) is 0 Å². The first-order valence-electron chi connectivity index (χ1n) is 10.4. The fourth-order valence-corrected chi connectivity index (χ4v) is 3.66. The summed E-state index contributed by atoms with van der Waals surface area (Å²) in [5.74, 6) is 0.598. The Hall–Kier alpha value is -3.27. The molecule has 1 aliphatic rings. The monoisotopic (exact) mass is 465 g/mol. The third-order valence-corrected chi connectivity index (χ3v) is 5.43. The van der Waals surface area contributed by atoms with Crippen LogP contribution in [-0.4, -0.2) is 68.6 Å². The van der Waals surface area contributed by atoms with E-state index in [1.54, 1.807) is 30.2 Å². The van der Waals surface area contributed by atoms with Gasteiger partial charge >= 0.3 is 6.18 Å². The van der Waals surface area contributed by atoms with Crippen molar-refractivity contribution in [2.45, 2.75) is 12.6 Å². The zero-order valence-electron chi connectivity index (χ0n) is 18.4. The molecule has 33 heavy (non-hydrogen) atoms. The van der Waals surface area contributed by atoms with Crippen LogP contribution in [0.25, 0.3) is 0 Å². The second-order valence-corrected chi connectivity index (χ2v) is 7.60. The van der Waals surface area contributed by atoms with E-state index in [1.165, 1.54) is 25.3 Å². The number of para-hydroxylation sites is 1. The number of alkyl halides is 3. The van der Waals surface area contributed by atoms with E-state index >= 15 is 0 Å². The Kier molecular flexibility index (Phi) is 7.80. The van der Waals surface area contributed by atoms with Crippen LogP contribution in [0.3, 0.4) is 0 Å². The Morgan fingerprint density at radius 1 is 1.00 bits per heavy atom. The van der Waals surface area contributed by atoms with Crippen molar-refractivity contribution < 1.29 is 32.2 Å². The number of carbonyl (C=O) groups is 2. The van der Waals surface area contributed by atoms with Gasteiger partial charge in [-0.3, -0.25) is 14.5 Å². The van der Waals surface area contributed by atoms with Crippen LogP contribution in [0.5, 0.6) is 11.5 Å². The van der Waals surface area contributed by atoms with Gasteiger partial charge in [0.05, 0.1) is 38.4 Å². The lowest BCUT2D eigenvalue weighted by Crippen LogP contribution is -2.50. The lowest BCUT2D eigenvalue weighted by atomic mass is 10.1. The van der Waals surface area contributed by atoms with E-state index < -0.39 is 17.6 Å². The summed E-state index contributed by atoms with van der Waals surface area (Å²) in [6.07, 6.45) is -4.38. The number of methoxy groups -OCH3 is 2. The average molecular weight is 465 g/mol. The largest absolute Gasteiger partial charge is 0.497 e. The summed E-state index contributed by atoms with van der Waals surface area (Å²) in [4.78, 5) is 28.6. The third kappa shape index (κ3) is 6.38.